The number of hydrogen-bond donors (Lipinski definition) is 1. The lowest BCUT2D eigenvalue weighted by molar-refractivity contribution is 0.306. The summed E-state index contributed by atoms with van der Waals surface area (Å²) in [5.74, 6) is 1.56. The van der Waals surface area contributed by atoms with Gasteiger partial charge in [0.2, 0.25) is 0 Å². The van der Waals surface area contributed by atoms with Crippen LogP contribution in [-0.2, 0) is 13.0 Å². The van der Waals surface area contributed by atoms with Crippen molar-refractivity contribution >= 4 is 10.8 Å². The van der Waals surface area contributed by atoms with Gasteiger partial charge in [-0.1, -0.05) is 59.8 Å². The molecule has 4 aromatic rings. The molecule has 1 N–H and O–H groups in total. The molecule has 0 saturated carbocycles. The molecule has 0 spiro atoms. The number of nitrogens with zero attached hydrogens (tertiary/aromatic N) is 3. The second-order valence-corrected chi connectivity index (χ2v) is 5.62. The average Bonchev–Trinajstić information content (AvgIpc) is 3.14. The zero-order valence-electron chi connectivity index (χ0n) is 13.0. The third kappa shape index (κ3) is 3.25. The minimum Gasteiger partial charge on any atom is -0.489 e. The van der Waals surface area contributed by atoms with Gasteiger partial charge < -0.3 is 4.74 Å². The third-order valence-electron chi connectivity index (χ3n) is 3.88. The zero-order chi connectivity index (χ0) is 16.2. The van der Waals surface area contributed by atoms with Crippen LogP contribution in [0.2, 0.25) is 0 Å². The third-order valence-corrected chi connectivity index (χ3v) is 3.88. The van der Waals surface area contributed by atoms with Gasteiger partial charge in [-0.05, 0) is 34.0 Å². The van der Waals surface area contributed by atoms with Crippen LogP contribution in [0.5, 0.6) is 5.75 Å². The number of tetrazole rings is 1. The second-order valence-electron chi connectivity index (χ2n) is 5.62. The largest absolute Gasteiger partial charge is 0.489 e. The number of rotatable bonds is 5. The molecule has 5 nitrogen and oxygen atoms in total. The van der Waals surface area contributed by atoms with Crippen LogP contribution in [-0.4, -0.2) is 20.6 Å². The van der Waals surface area contributed by atoms with Gasteiger partial charge in [0.05, 0.1) is 0 Å². The normalized spacial score (nSPS) is 10.8. The molecule has 1 heterocycles. The standard InChI is InChI=1S/C19H16N4O/c1-2-4-14(5-3-1)13-24-18-9-8-16-10-15(6-7-17(16)12-18)11-19-20-22-23-21-19/h1-10,12H,11,13H2,(H,20,21,22,23). The Labute approximate surface area is 139 Å². The Morgan fingerprint density at radius 2 is 1.67 bits per heavy atom. The van der Waals surface area contributed by atoms with E-state index < -0.39 is 0 Å². The first-order valence-electron chi connectivity index (χ1n) is 7.78. The molecule has 0 aliphatic rings. The van der Waals surface area contributed by atoms with E-state index in [1.54, 1.807) is 0 Å². The van der Waals surface area contributed by atoms with Crippen molar-refractivity contribution in [3.8, 4) is 5.75 Å². The van der Waals surface area contributed by atoms with Crippen molar-refractivity contribution in [2.45, 2.75) is 13.0 Å². The van der Waals surface area contributed by atoms with E-state index in [9.17, 15) is 0 Å². The van der Waals surface area contributed by atoms with Crippen molar-refractivity contribution in [3.05, 3.63) is 83.7 Å². The Hall–Kier alpha value is -3.21. The van der Waals surface area contributed by atoms with Crippen molar-refractivity contribution in [1.29, 1.82) is 0 Å². The summed E-state index contributed by atoms with van der Waals surface area (Å²) in [6.07, 6.45) is 0.665. The van der Waals surface area contributed by atoms with E-state index in [-0.39, 0.29) is 0 Å². The Balaban J connectivity index is 1.51. The molecule has 0 aliphatic heterocycles. The fourth-order valence-corrected chi connectivity index (χ4v) is 2.65. The molecule has 1 aromatic heterocycles. The molecule has 5 heteroatoms. The zero-order valence-corrected chi connectivity index (χ0v) is 13.0. The van der Waals surface area contributed by atoms with Crippen LogP contribution in [0, 0.1) is 0 Å². The number of aromatic nitrogens is 4. The van der Waals surface area contributed by atoms with Crippen molar-refractivity contribution < 1.29 is 4.74 Å². The summed E-state index contributed by atoms with van der Waals surface area (Å²) < 4.78 is 5.88. The van der Waals surface area contributed by atoms with E-state index in [0.29, 0.717) is 18.9 Å². The molecule has 0 amide bonds. The van der Waals surface area contributed by atoms with E-state index >= 15 is 0 Å². The van der Waals surface area contributed by atoms with Gasteiger partial charge in [-0.15, -0.1) is 10.2 Å². The number of hydrogen-bond acceptors (Lipinski definition) is 4. The number of nitrogens with one attached hydrogen (secondary N) is 1. The van der Waals surface area contributed by atoms with E-state index in [0.717, 1.165) is 22.3 Å². The van der Waals surface area contributed by atoms with Crippen molar-refractivity contribution in [1.82, 2.24) is 20.6 Å². The predicted molar refractivity (Wildman–Crippen MR) is 91.7 cm³/mol. The lowest BCUT2D eigenvalue weighted by Gasteiger charge is -2.08. The summed E-state index contributed by atoms with van der Waals surface area (Å²) in [6.45, 7) is 0.572. The molecule has 0 fully saturated rings. The van der Waals surface area contributed by atoms with Gasteiger partial charge in [-0.3, -0.25) is 0 Å². The monoisotopic (exact) mass is 316 g/mol. The molecule has 4 rings (SSSR count). The quantitative estimate of drug-likeness (QED) is 0.612. The van der Waals surface area contributed by atoms with Crippen molar-refractivity contribution in [2.24, 2.45) is 0 Å². The maximum atomic E-state index is 5.88. The van der Waals surface area contributed by atoms with Crippen LogP contribution in [0.25, 0.3) is 10.8 Å². The summed E-state index contributed by atoms with van der Waals surface area (Å²) >= 11 is 0. The van der Waals surface area contributed by atoms with Gasteiger partial charge in [-0.2, -0.15) is 5.21 Å². The maximum absolute atomic E-state index is 5.88. The molecule has 0 radical (unpaired) electrons. The first-order valence-corrected chi connectivity index (χ1v) is 7.78. The number of ether oxygens (including phenoxy) is 1. The average molecular weight is 316 g/mol. The van der Waals surface area contributed by atoms with Crippen LogP contribution in [0.4, 0.5) is 0 Å². The molecule has 0 saturated heterocycles. The summed E-state index contributed by atoms with van der Waals surface area (Å²) in [5.41, 5.74) is 2.31. The molecule has 24 heavy (non-hydrogen) atoms. The molecule has 0 bridgehead atoms. The van der Waals surface area contributed by atoms with Crippen LogP contribution in [0.3, 0.4) is 0 Å². The van der Waals surface area contributed by atoms with Gasteiger partial charge in [0.1, 0.15) is 12.4 Å². The first kappa shape index (κ1) is 14.4. The highest BCUT2D eigenvalue weighted by molar-refractivity contribution is 5.84. The minimum absolute atomic E-state index is 0.572. The van der Waals surface area contributed by atoms with Gasteiger partial charge in [0.25, 0.3) is 0 Å². The lowest BCUT2D eigenvalue weighted by atomic mass is 10.0. The van der Waals surface area contributed by atoms with Crippen LogP contribution >= 0.6 is 0 Å². The van der Waals surface area contributed by atoms with Gasteiger partial charge in [0.15, 0.2) is 5.82 Å². The predicted octanol–water partition coefficient (Wildman–Crippen LogP) is 3.52. The lowest BCUT2D eigenvalue weighted by Crippen LogP contribution is -1.95. The Kier molecular flexibility index (Phi) is 3.90. The Morgan fingerprint density at radius 3 is 2.50 bits per heavy atom. The first-order chi connectivity index (χ1) is 11.9. The molecular formula is C19H16N4O. The van der Waals surface area contributed by atoms with E-state index in [1.807, 2.05) is 24.3 Å². The number of fused-ring (bicyclic) bond motifs is 1. The smallest absolute Gasteiger partial charge is 0.178 e. The molecule has 0 unspecified atom stereocenters. The van der Waals surface area contributed by atoms with Gasteiger partial charge in [-0.25, -0.2) is 0 Å². The summed E-state index contributed by atoms with van der Waals surface area (Å²) in [6, 6.07) is 22.6. The Bertz CT molecular complexity index is 936. The highest BCUT2D eigenvalue weighted by Crippen LogP contribution is 2.23. The topological polar surface area (TPSA) is 63.7 Å². The minimum atomic E-state index is 0.572. The number of aromatic amines is 1. The fraction of sp³-hybridized carbons (Fsp3) is 0.105. The van der Waals surface area contributed by atoms with E-state index in [2.05, 4.69) is 63.1 Å². The van der Waals surface area contributed by atoms with Crippen LogP contribution < -0.4 is 4.74 Å². The van der Waals surface area contributed by atoms with Crippen molar-refractivity contribution in [2.75, 3.05) is 0 Å². The molecular weight excluding hydrogens is 300 g/mol. The van der Waals surface area contributed by atoms with E-state index in [4.69, 9.17) is 4.74 Å². The summed E-state index contributed by atoms with van der Waals surface area (Å²) in [7, 11) is 0. The highest BCUT2D eigenvalue weighted by atomic mass is 16.5. The van der Waals surface area contributed by atoms with Crippen LogP contribution in [0.1, 0.15) is 17.0 Å². The van der Waals surface area contributed by atoms with Gasteiger partial charge >= 0.3 is 0 Å². The molecule has 0 atom stereocenters. The summed E-state index contributed by atoms with van der Waals surface area (Å²) in [5, 5.41) is 16.4. The van der Waals surface area contributed by atoms with E-state index in [1.165, 1.54) is 5.39 Å². The fourth-order valence-electron chi connectivity index (χ4n) is 2.65. The molecule has 118 valence electrons. The number of benzene rings is 3. The highest BCUT2D eigenvalue weighted by Gasteiger charge is 2.04. The Morgan fingerprint density at radius 1 is 0.833 bits per heavy atom. The van der Waals surface area contributed by atoms with Crippen molar-refractivity contribution in [3.63, 3.8) is 0 Å². The number of H-pyrrole nitrogens is 1. The molecule has 3 aromatic carbocycles. The molecule has 0 aliphatic carbocycles. The maximum Gasteiger partial charge on any atom is 0.178 e. The second kappa shape index (κ2) is 6.50. The van der Waals surface area contributed by atoms with Crippen LogP contribution in [0.15, 0.2) is 66.7 Å². The SMILES string of the molecule is c1ccc(COc2ccc3cc(Cc4nn[nH]n4)ccc3c2)cc1. The summed E-state index contributed by atoms with van der Waals surface area (Å²) in [4.78, 5) is 0. The van der Waals surface area contributed by atoms with Gasteiger partial charge in [0, 0.05) is 6.42 Å².